The molecule has 0 atom stereocenters. The lowest BCUT2D eigenvalue weighted by Gasteiger charge is -2.04. The largest absolute Gasteiger partial charge is 0.451 e. The molecule has 0 unspecified atom stereocenters. The maximum Gasteiger partial charge on any atom is 0.293 e. The van der Waals surface area contributed by atoms with Crippen molar-refractivity contribution in [2.45, 2.75) is 13.3 Å². The van der Waals surface area contributed by atoms with Crippen LogP contribution in [0.3, 0.4) is 0 Å². The van der Waals surface area contributed by atoms with Gasteiger partial charge >= 0.3 is 0 Å². The zero-order valence-electron chi connectivity index (χ0n) is 11.6. The summed E-state index contributed by atoms with van der Waals surface area (Å²) >= 11 is 6.49. The molecule has 3 aromatic rings. The number of carbonyl (C=O) groups excluding carboxylic acids is 1. The van der Waals surface area contributed by atoms with Gasteiger partial charge in [0.05, 0.1) is 0 Å². The van der Waals surface area contributed by atoms with Crippen molar-refractivity contribution >= 4 is 50.7 Å². The third-order valence-electron chi connectivity index (χ3n) is 2.87. The van der Waals surface area contributed by atoms with Gasteiger partial charge in [0, 0.05) is 5.39 Å². The molecule has 1 aromatic carbocycles. The Bertz CT molecular complexity index is 807. The van der Waals surface area contributed by atoms with Crippen LogP contribution in [-0.2, 0) is 6.42 Å². The van der Waals surface area contributed by atoms with E-state index in [0.29, 0.717) is 10.7 Å². The number of hydrogen-bond acceptors (Lipinski definition) is 6. The first-order valence-electron chi connectivity index (χ1n) is 6.59. The minimum atomic E-state index is -0.408. The fourth-order valence-corrected chi connectivity index (χ4v) is 2.77. The molecule has 0 radical (unpaired) electrons. The minimum absolute atomic E-state index is 0.157. The Hall–Kier alpha value is -2.32. The number of aryl methyl sites for hydroxylation is 1. The SMILES string of the molecule is CCc1nnc(NC(=S)NC(=O)c2cc3ccccc3o2)s1. The molecule has 0 spiro atoms. The van der Waals surface area contributed by atoms with E-state index >= 15 is 0 Å². The minimum Gasteiger partial charge on any atom is -0.451 e. The molecule has 2 N–H and O–H groups in total. The van der Waals surface area contributed by atoms with E-state index in [9.17, 15) is 4.79 Å². The first-order valence-corrected chi connectivity index (χ1v) is 7.81. The topological polar surface area (TPSA) is 80.0 Å². The molecule has 0 fully saturated rings. The van der Waals surface area contributed by atoms with E-state index in [1.54, 1.807) is 12.1 Å². The quantitative estimate of drug-likeness (QED) is 0.718. The van der Waals surface area contributed by atoms with Crippen LogP contribution in [0.2, 0.25) is 0 Å². The normalized spacial score (nSPS) is 10.6. The van der Waals surface area contributed by atoms with Gasteiger partial charge in [0.2, 0.25) is 5.13 Å². The molecule has 112 valence electrons. The number of hydrogen-bond donors (Lipinski definition) is 2. The van der Waals surface area contributed by atoms with E-state index in [0.717, 1.165) is 16.8 Å². The number of furan rings is 1. The fourth-order valence-electron chi connectivity index (χ4n) is 1.83. The van der Waals surface area contributed by atoms with Crippen LogP contribution in [0.5, 0.6) is 0 Å². The van der Waals surface area contributed by atoms with Gasteiger partial charge in [0.25, 0.3) is 5.91 Å². The Labute approximate surface area is 135 Å². The Morgan fingerprint density at radius 2 is 2.18 bits per heavy atom. The van der Waals surface area contributed by atoms with Crippen LogP contribution in [0.15, 0.2) is 34.7 Å². The van der Waals surface area contributed by atoms with Crippen LogP contribution in [0.25, 0.3) is 11.0 Å². The molecule has 0 aliphatic carbocycles. The van der Waals surface area contributed by atoms with Gasteiger partial charge in [-0.3, -0.25) is 10.1 Å². The van der Waals surface area contributed by atoms with Crippen LogP contribution in [0, 0.1) is 0 Å². The van der Waals surface area contributed by atoms with Crippen molar-refractivity contribution < 1.29 is 9.21 Å². The average molecular weight is 332 g/mol. The van der Waals surface area contributed by atoms with E-state index in [1.165, 1.54) is 11.3 Å². The van der Waals surface area contributed by atoms with Gasteiger partial charge < -0.3 is 9.73 Å². The van der Waals surface area contributed by atoms with E-state index in [1.807, 2.05) is 25.1 Å². The highest BCUT2D eigenvalue weighted by Crippen LogP contribution is 2.19. The van der Waals surface area contributed by atoms with E-state index in [4.69, 9.17) is 16.6 Å². The molecule has 8 heteroatoms. The Balaban J connectivity index is 1.66. The summed E-state index contributed by atoms with van der Waals surface area (Å²) < 4.78 is 5.48. The number of rotatable bonds is 3. The second kappa shape index (κ2) is 6.20. The summed E-state index contributed by atoms with van der Waals surface area (Å²) in [5.41, 5.74) is 0.656. The van der Waals surface area contributed by atoms with Gasteiger partial charge in [-0.1, -0.05) is 36.5 Å². The van der Waals surface area contributed by atoms with Gasteiger partial charge in [-0.2, -0.15) is 0 Å². The molecule has 0 aliphatic rings. The predicted molar refractivity (Wildman–Crippen MR) is 89.2 cm³/mol. The van der Waals surface area contributed by atoms with Crippen molar-refractivity contribution in [3.05, 3.63) is 41.1 Å². The molecule has 6 nitrogen and oxygen atoms in total. The van der Waals surface area contributed by atoms with Gasteiger partial charge in [-0.25, -0.2) is 0 Å². The number of carbonyl (C=O) groups is 1. The molecule has 0 saturated carbocycles. The second-order valence-corrected chi connectivity index (χ2v) is 5.88. The smallest absolute Gasteiger partial charge is 0.293 e. The summed E-state index contributed by atoms with van der Waals surface area (Å²) in [4.78, 5) is 12.1. The maximum atomic E-state index is 12.1. The van der Waals surface area contributed by atoms with Crippen LogP contribution in [-0.4, -0.2) is 21.2 Å². The highest BCUT2D eigenvalue weighted by Gasteiger charge is 2.14. The first kappa shape index (κ1) is 14.6. The number of para-hydroxylation sites is 1. The number of benzene rings is 1. The van der Waals surface area contributed by atoms with Crippen molar-refractivity contribution in [2.24, 2.45) is 0 Å². The van der Waals surface area contributed by atoms with Crippen molar-refractivity contribution in [3.8, 4) is 0 Å². The lowest BCUT2D eigenvalue weighted by molar-refractivity contribution is 0.0953. The van der Waals surface area contributed by atoms with Gasteiger partial charge in [0.1, 0.15) is 10.6 Å². The van der Waals surface area contributed by atoms with Crippen LogP contribution >= 0.6 is 23.6 Å². The zero-order valence-corrected chi connectivity index (χ0v) is 13.3. The monoisotopic (exact) mass is 332 g/mol. The molecular formula is C14H12N4O2S2. The number of fused-ring (bicyclic) bond motifs is 1. The lowest BCUT2D eigenvalue weighted by Crippen LogP contribution is -2.33. The van der Waals surface area contributed by atoms with Crippen molar-refractivity contribution in [1.29, 1.82) is 0 Å². The van der Waals surface area contributed by atoms with E-state index in [2.05, 4.69) is 20.8 Å². The van der Waals surface area contributed by atoms with Crippen LogP contribution < -0.4 is 10.6 Å². The Morgan fingerprint density at radius 3 is 2.91 bits per heavy atom. The average Bonchev–Trinajstić information content (AvgIpc) is 3.12. The van der Waals surface area contributed by atoms with E-state index < -0.39 is 5.91 Å². The molecule has 0 saturated heterocycles. The molecule has 1 amide bonds. The summed E-state index contributed by atoms with van der Waals surface area (Å²) in [7, 11) is 0. The zero-order chi connectivity index (χ0) is 15.5. The van der Waals surface area contributed by atoms with Crippen LogP contribution in [0.4, 0.5) is 5.13 Å². The highest BCUT2D eigenvalue weighted by atomic mass is 32.1. The summed E-state index contributed by atoms with van der Waals surface area (Å²) in [6, 6.07) is 9.08. The Kier molecular flexibility index (Phi) is 4.12. The molecule has 2 heterocycles. The number of aromatic nitrogens is 2. The third-order valence-corrected chi connectivity index (χ3v) is 4.05. The molecule has 3 rings (SSSR count). The molecule has 0 bridgehead atoms. The number of nitrogens with one attached hydrogen (secondary N) is 2. The first-order chi connectivity index (χ1) is 10.7. The molecule has 2 aromatic heterocycles. The Morgan fingerprint density at radius 1 is 1.36 bits per heavy atom. The van der Waals surface area contributed by atoms with Crippen molar-refractivity contribution in [1.82, 2.24) is 15.5 Å². The molecular weight excluding hydrogens is 320 g/mol. The van der Waals surface area contributed by atoms with Crippen molar-refractivity contribution in [3.63, 3.8) is 0 Å². The summed E-state index contributed by atoms with van der Waals surface area (Å²) in [6.07, 6.45) is 0.803. The van der Waals surface area contributed by atoms with Gasteiger partial charge in [-0.15, -0.1) is 10.2 Å². The summed E-state index contributed by atoms with van der Waals surface area (Å²) in [5.74, 6) is -0.203. The van der Waals surface area contributed by atoms with Gasteiger partial charge in [0.15, 0.2) is 10.9 Å². The van der Waals surface area contributed by atoms with Crippen LogP contribution in [0.1, 0.15) is 22.5 Å². The maximum absolute atomic E-state index is 12.1. The summed E-state index contributed by atoms with van der Waals surface area (Å²) in [5, 5.41) is 15.8. The standard InChI is InChI=1S/C14H12N4O2S2/c1-2-11-17-18-14(22-11)16-13(21)15-12(19)10-7-8-5-3-4-6-9(8)20-10/h3-7H,2H2,1H3,(H2,15,16,18,19,21). The fraction of sp³-hybridized carbons (Fsp3) is 0.143. The van der Waals surface area contributed by atoms with Gasteiger partial charge in [-0.05, 0) is 30.8 Å². The number of thiocarbonyl (C=S) groups is 1. The highest BCUT2D eigenvalue weighted by molar-refractivity contribution is 7.80. The number of anilines is 1. The second-order valence-electron chi connectivity index (χ2n) is 4.41. The van der Waals surface area contributed by atoms with E-state index in [-0.39, 0.29) is 10.9 Å². The predicted octanol–water partition coefficient (Wildman–Crippen LogP) is 2.97. The molecule has 22 heavy (non-hydrogen) atoms. The molecule has 0 aliphatic heterocycles. The lowest BCUT2D eigenvalue weighted by atomic mass is 10.2. The third kappa shape index (κ3) is 3.12. The number of nitrogens with zero attached hydrogens (tertiary/aromatic N) is 2. The number of amides is 1. The van der Waals surface area contributed by atoms with Crippen molar-refractivity contribution in [2.75, 3.05) is 5.32 Å². The summed E-state index contributed by atoms with van der Waals surface area (Å²) in [6.45, 7) is 1.99.